The molecule has 2 heterocycles. The summed E-state index contributed by atoms with van der Waals surface area (Å²) in [5.41, 5.74) is 4.96. The number of amides is 1. The highest BCUT2D eigenvalue weighted by Gasteiger charge is 2.29. The molecule has 1 fully saturated rings. The van der Waals surface area contributed by atoms with Gasteiger partial charge in [-0.1, -0.05) is 6.92 Å². The van der Waals surface area contributed by atoms with Crippen LogP contribution in [-0.4, -0.2) is 21.9 Å². The maximum absolute atomic E-state index is 15.0. The Morgan fingerprint density at radius 2 is 1.81 bits per heavy atom. The Morgan fingerprint density at radius 3 is 2.46 bits per heavy atom. The second kappa shape index (κ2) is 10.3. The van der Waals surface area contributed by atoms with Gasteiger partial charge in [0.05, 0.1) is 28.9 Å². The summed E-state index contributed by atoms with van der Waals surface area (Å²) >= 11 is 0. The Kier molecular flexibility index (Phi) is 7.32. The number of halogens is 3. The molecule has 0 radical (unpaired) electrons. The summed E-state index contributed by atoms with van der Waals surface area (Å²) in [4.78, 5) is 21.2. The van der Waals surface area contributed by atoms with E-state index in [1.165, 1.54) is 20.0 Å². The van der Waals surface area contributed by atoms with Crippen LogP contribution in [0.2, 0.25) is 0 Å². The lowest BCUT2D eigenvalue weighted by Gasteiger charge is -2.32. The van der Waals surface area contributed by atoms with E-state index in [9.17, 15) is 23.2 Å². The second-order valence-electron chi connectivity index (χ2n) is 10.3. The van der Waals surface area contributed by atoms with E-state index < -0.39 is 40.0 Å². The maximum Gasteiger partial charge on any atom is 0.274 e. The summed E-state index contributed by atoms with van der Waals surface area (Å²) in [6.07, 6.45) is 5.79. The van der Waals surface area contributed by atoms with Crippen molar-refractivity contribution >= 4 is 11.6 Å². The van der Waals surface area contributed by atoms with Gasteiger partial charge in [0.2, 0.25) is 0 Å². The molecule has 1 aliphatic rings. The van der Waals surface area contributed by atoms with Crippen LogP contribution >= 0.6 is 0 Å². The van der Waals surface area contributed by atoms with Crippen LogP contribution in [0.3, 0.4) is 0 Å². The lowest BCUT2D eigenvalue weighted by molar-refractivity contribution is 0.102. The summed E-state index contributed by atoms with van der Waals surface area (Å²) in [5, 5.41) is 12.1. The van der Waals surface area contributed by atoms with Crippen LogP contribution in [0, 0.1) is 34.7 Å². The van der Waals surface area contributed by atoms with Crippen LogP contribution in [0.5, 0.6) is 0 Å². The molecule has 192 valence electrons. The first-order valence-electron chi connectivity index (χ1n) is 12.1. The largest absolute Gasteiger partial charge is 0.328 e. The lowest BCUT2D eigenvalue weighted by atomic mass is 9.76. The molecule has 0 spiro atoms. The third-order valence-corrected chi connectivity index (χ3v) is 6.88. The fourth-order valence-electron chi connectivity index (χ4n) is 4.93. The molecule has 37 heavy (non-hydrogen) atoms. The molecular formula is C28H28F3N5O. The normalized spacial score (nSPS) is 19.8. The molecule has 1 aromatic carbocycles. The number of nitrogens with two attached hydrogens (primary N) is 1. The summed E-state index contributed by atoms with van der Waals surface area (Å²) in [7, 11) is 0. The highest BCUT2D eigenvalue weighted by molar-refractivity contribution is 6.03. The Balaban J connectivity index is 1.66. The number of rotatable bonds is 5. The average molecular weight is 508 g/mol. The zero-order valence-corrected chi connectivity index (χ0v) is 20.9. The van der Waals surface area contributed by atoms with E-state index in [4.69, 9.17) is 5.73 Å². The highest BCUT2D eigenvalue weighted by Crippen LogP contribution is 2.38. The summed E-state index contributed by atoms with van der Waals surface area (Å²) in [6.45, 7) is 5.17. The third-order valence-electron chi connectivity index (χ3n) is 6.88. The Labute approximate surface area is 213 Å². The molecule has 2 aromatic heterocycles. The number of carbonyl (C=O) groups is 1. The van der Waals surface area contributed by atoms with Crippen LogP contribution in [0.25, 0.3) is 11.3 Å². The Bertz CT molecular complexity index is 1350. The monoisotopic (exact) mass is 507 g/mol. The lowest BCUT2D eigenvalue weighted by Crippen LogP contribution is -2.31. The zero-order chi connectivity index (χ0) is 26.9. The molecule has 1 amide bonds. The molecule has 4 rings (SSSR count). The molecule has 1 saturated carbocycles. The van der Waals surface area contributed by atoms with Crippen LogP contribution in [0.1, 0.15) is 67.6 Å². The third kappa shape index (κ3) is 5.49. The number of carbonyl (C=O) groups excluding carboxylic acids is 1. The van der Waals surface area contributed by atoms with E-state index in [0.717, 1.165) is 49.1 Å². The molecule has 3 aromatic rings. The smallest absolute Gasteiger partial charge is 0.274 e. The van der Waals surface area contributed by atoms with Gasteiger partial charge < -0.3 is 11.1 Å². The zero-order valence-electron chi connectivity index (χ0n) is 20.9. The fraction of sp³-hybridized carbons (Fsp3) is 0.357. The molecule has 3 atom stereocenters. The number of hydrogen-bond acceptors (Lipinski definition) is 5. The van der Waals surface area contributed by atoms with E-state index in [1.807, 2.05) is 12.1 Å². The van der Waals surface area contributed by atoms with Crippen molar-refractivity contribution in [2.75, 3.05) is 5.32 Å². The average Bonchev–Trinajstić information content (AvgIpc) is 2.84. The van der Waals surface area contributed by atoms with Gasteiger partial charge in [-0.2, -0.15) is 5.26 Å². The number of aromatic nitrogens is 2. The van der Waals surface area contributed by atoms with Gasteiger partial charge in [0.15, 0.2) is 0 Å². The predicted molar refractivity (Wildman–Crippen MR) is 134 cm³/mol. The van der Waals surface area contributed by atoms with Crippen molar-refractivity contribution in [2.24, 2.45) is 11.7 Å². The van der Waals surface area contributed by atoms with Crippen LogP contribution in [-0.2, 0) is 5.41 Å². The van der Waals surface area contributed by atoms with Crippen LogP contribution < -0.4 is 11.1 Å². The van der Waals surface area contributed by atoms with E-state index in [0.29, 0.717) is 11.6 Å². The van der Waals surface area contributed by atoms with Crippen molar-refractivity contribution in [2.45, 2.75) is 57.4 Å². The summed E-state index contributed by atoms with van der Waals surface area (Å²) in [5.74, 6) is -3.27. The molecule has 0 saturated heterocycles. The molecule has 0 bridgehead atoms. The maximum atomic E-state index is 15.0. The quantitative estimate of drug-likeness (QED) is 0.451. The van der Waals surface area contributed by atoms with Crippen LogP contribution in [0.15, 0.2) is 42.7 Å². The highest BCUT2D eigenvalue weighted by atomic mass is 19.1. The first-order chi connectivity index (χ1) is 17.5. The minimum absolute atomic E-state index is 0.0571. The Hall–Kier alpha value is -3.77. The first-order valence-corrected chi connectivity index (χ1v) is 12.1. The van der Waals surface area contributed by atoms with Gasteiger partial charge in [-0.15, -0.1) is 0 Å². The predicted octanol–water partition coefficient (Wildman–Crippen LogP) is 5.85. The molecule has 0 aliphatic heterocycles. The molecule has 6 nitrogen and oxygen atoms in total. The number of hydrogen-bond donors (Lipinski definition) is 2. The van der Waals surface area contributed by atoms with Crippen molar-refractivity contribution in [1.29, 1.82) is 5.26 Å². The number of nitriles is 1. The van der Waals surface area contributed by atoms with Gasteiger partial charge in [-0.25, -0.2) is 18.2 Å². The number of nitrogens with one attached hydrogen (secondary N) is 1. The van der Waals surface area contributed by atoms with Gasteiger partial charge >= 0.3 is 0 Å². The second-order valence-corrected chi connectivity index (χ2v) is 10.3. The van der Waals surface area contributed by atoms with Crippen molar-refractivity contribution in [3.63, 3.8) is 0 Å². The molecule has 1 aliphatic carbocycles. The van der Waals surface area contributed by atoms with Gasteiger partial charge in [0.25, 0.3) is 5.91 Å². The first kappa shape index (κ1) is 26.3. The van der Waals surface area contributed by atoms with Crippen molar-refractivity contribution in [1.82, 2.24) is 9.97 Å². The topological polar surface area (TPSA) is 105 Å². The molecule has 0 unspecified atom stereocenters. The number of anilines is 1. The van der Waals surface area contributed by atoms with Crippen molar-refractivity contribution < 1.29 is 18.0 Å². The van der Waals surface area contributed by atoms with Gasteiger partial charge in [-0.05, 0) is 86.4 Å². The number of nitrogens with zero attached hydrogens (tertiary/aromatic N) is 3. The molecular weight excluding hydrogens is 479 g/mol. The van der Waals surface area contributed by atoms with E-state index in [1.54, 1.807) is 6.20 Å². The van der Waals surface area contributed by atoms with Gasteiger partial charge in [0, 0.05) is 12.2 Å². The SMILES string of the molecule is C[C@@H]1C[C@H](N)C[C@H](c2ccncc2NC(=O)c2ccc(F)c(-c3c(F)cc(C(C)(C)C#N)cc3F)n2)C1. The van der Waals surface area contributed by atoms with E-state index in [-0.39, 0.29) is 23.2 Å². The van der Waals surface area contributed by atoms with E-state index in [2.05, 4.69) is 22.2 Å². The van der Waals surface area contributed by atoms with E-state index >= 15 is 0 Å². The summed E-state index contributed by atoms with van der Waals surface area (Å²) in [6, 6.07) is 7.91. The minimum Gasteiger partial charge on any atom is -0.328 e. The fourth-order valence-corrected chi connectivity index (χ4v) is 4.93. The minimum atomic E-state index is -1.16. The Morgan fingerprint density at radius 1 is 1.11 bits per heavy atom. The van der Waals surface area contributed by atoms with Gasteiger partial charge in [-0.3, -0.25) is 9.78 Å². The van der Waals surface area contributed by atoms with Crippen molar-refractivity contribution in [3.05, 3.63) is 77.0 Å². The number of pyridine rings is 2. The standard InChI is InChI=1S/C28H28F3N5O/c1-15-8-16(10-18(33)9-15)19-6-7-34-13-24(19)36-27(37)23-5-4-20(29)26(35-23)25-21(30)11-17(12-22(25)31)28(2,3)14-32/h4-7,11-13,15-16,18H,8-10,33H2,1-3H3,(H,36,37)/t15-,16+,18-/m0/s1. The van der Waals surface area contributed by atoms with Crippen LogP contribution in [0.4, 0.5) is 18.9 Å². The molecule has 9 heteroatoms. The van der Waals surface area contributed by atoms with Crippen molar-refractivity contribution in [3.8, 4) is 17.3 Å². The number of benzene rings is 1. The van der Waals surface area contributed by atoms with Gasteiger partial charge in [0.1, 0.15) is 28.8 Å². The molecule has 3 N–H and O–H groups in total. The summed E-state index contributed by atoms with van der Waals surface area (Å²) < 4.78 is 44.6.